The van der Waals surface area contributed by atoms with Crippen LogP contribution in [-0.2, 0) is 0 Å². The number of carbonyl (C=O) groups excluding carboxylic acids is 1. The molecular formula is C18H27N3O3. The molecule has 1 amide bonds. The maximum absolute atomic E-state index is 12.3. The topological polar surface area (TPSA) is 75.5 Å². The van der Waals surface area contributed by atoms with Gasteiger partial charge in [0.2, 0.25) is 0 Å². The lowest BCUT2D eigenvalue weighted by atomic mass is 9.98. The van der Waals surface area contributed by atoms with Crippen molar-refractivity contribution in [2.45, 2.75) is 52.5 Å². The number of piperidine rings is 1. The van der Waals surface area contributed by atoms with Crippen molar-refractivity contribution in [1.82, 2.24) is 5.32 Å². The Labute approximate surface area is 143 Å². The summed E-state index contributed by atoms with van der Waals surface area (Å²) in [7, 11) is 0. The number of hydrogen-bond donors (Lipinski definition) is 1. The van der Waals surface area contributed by atoms with Crippen molar-refractivity contribution in [1.29, 1.82) is 0 Å². The zero-order valence-electron chi connectivity index (χ0n) is 14.7. The Balaban J connectivity index is 2.23. The number of benzene rings is 1. The van der Waals surface area contributed by atoms with E-state index in [1.165, 1.54) is 6.07 Å². The summed E-state index contributed by atoms with van der Waals surface area (Å²) in [4.78, 5) is 25.5. The third-order valence-electron chi connectivity index (χ3n) is 4.88. The molecule has 6 nitrogen and oxygen atoms in total. The van der Waals surface area contributed by atoms with Gasteiger partial charge in [-0.25, -0.2) is 0 Å². The highest BCUT2D eigenvalue weighted by molar-refractivity contribution is 5.96. The van der Waals surface area contributed by atoms with Crippen molar-refractivity contribution >= 4 is 17.3 Å². The van der Waals surface area contributed by atoms with E-state index >= 15 is 0 Å². The fourth-order valence-corrected chi connectivity index (χ4v) is 3.09. The van der Waals surface area contributed by atoms with Crippen LogP contribution in [0, 0.1) is 16.0 Å². The fraction of sp³-hybridized carbons (Fsp3) is 0.611. The first kappa shape index (κ1) is 18.2. The van der Waals surface area contributed by atoms with Gasteiger partial charge in [0.25, 0.3) is 11.6 Å². The first-order chi connectivity index (χ1) is 11.5. The molecule has 0 aromatic heterocycles. The second kappa shape index (κ2) is 8.13. The Bertz CT molecular complexity index is 591. The second-order valence-electron chi connectivity index (χ2n) is 6.62. The Morgan fingerprint density at radius 1 is 1.33 bits per heavy atom. The smallest absolute Gasteiger partial charge is 0.293 e. The molecule has 0 spiro atoms. The van der Waals surface area contributed by atoms with Crippen LogP contribution < -0.4 is 10.2 Å². The van der Waals surface area contributed by atoms with Crippen LogP contribution in [0.25, 0.3) is 0 Å². The summed E-state index contributed by atoms with van der Waals surface area (Å²) in [5, 5.41) is 14.4. The van der Waals surface area contributed by atoms with Gasteiger partial charge in [-0.2, -0.15) is 0 Å². The molecule has 1 aliphatic rings. The highest BCUT2D eigenvalue weighted by Gasteiger charge is 2.25. The quantitative estimate of drug-likeness (QED) is 0.635. The molecule has 0 radical (unpaired) electrons. The standard InChI is InChI=1S/C18H27N3O3/c1-4-15(5-2)19-18(22)14-6-7-16(17(12-14)21(23)24)20-10-8-13(3)9-11-20/h6-7,12-13,15H,4-5,8-11H2,1-3H3,(H,19,22). The Morgan fingerprint density at radius 3 is 2.50 bits per heavy atom. The molecule has 132 valence electrons. The van der Waals surface area contributed by atoms with E-state index in [0.717, 1.165) is 38.8 Å². The van der Waals surface area contributed by atoms with E-state index in [4.69, 9.17) is 0 Å². The van der Waals surface area contributed by atoms with Crippen molar-refractivity contribution in [3.05, 3.63) is 33.9 Å². The van der Waals surface area contributed by atoms with Gasteiger partial charge in [0.1, 0.15) is 5.69 Å². The van der Waals surface area contributed by atoms with Crippen LogP contribution in [0.1, 0.15) is 56.8 Å². The zero-order chi connectivity index (χ0) is 17.7. The summed E-state index contributed by atoms with van der Waals surface area (Å²) >= 11 is 0. The number of nitrogens with zero attached hydrogens (tertiary/aromatic N) is 2. The molecule has 1 N–H and O–H groups in total. The monoisotopic (exact) mass is 333 g/mol. The number of amides is 1. The number of nitro benzene ring substituents is 1. The maximum atomic E-state index is 12.3. The van der Waals surface area contributed by atoms with Gasteiger partial charge in [0, 0.05) is 30.8 Å². The minimum absolute atomic E-state index is 0.0155. The van der Waals surface area contributed by atoms with Gasteiger partial charge in [-0.05, 0) is 43.7 Å². The number of nitrogens with one attached hydrogen (secondary N) is 1. The summed E-state index contributed by atoms with van der Waals surface area (Å²) in [6.07, 6.45) is 3.75. The minimum atomic E-state index is -0.388. The van der Waals surface area contributed by atoms with E-state index in [0.29, 0.717) is 17.2 Å². The second-order valence-corrected chi connectivity index (χ2v) is 6.62. The van der Waals surface area contributed by atoms with Gasteiger partial charge < -0.3 is 10.2 Å². The van der Waals surface area contributed by atoms with Crippen LogP contribution in [0.4, 0.5) is 11.4 Å². The number of nitro groups is 1. The highest BCUT2D eigenvalue weighted by atomic mass is 16.6. The van der Waals surface area contributed by atoms with Gasteiger partial charge in [-0.15, -0.1) is 0 Å². The molecule has 0 atom stereocenters. The van der Waals surface area contributed by atoms with E-state index in [-0.39, 0.29) is 22.6 Å². The van der Waals surface area contributed by atoms with E-state index in [2.05, 4.69) is 17.1 Å². The Hall–Kier alpha value is -2.11. The Morgan fingerprint density at radius 2 is 1.96 bits per heavy atom. The summed E-state index contributed by atoms with van der Waals surface area (Å²) in [5.74, 6) is 0.413. The molecule has 2 rings (SSSR count). The predicted molar refractivity (Wildman–Crippen MR) is 95.5 cm³/mol. The molecule has 1 aromatic rings. The van der Waals surface area contributed by atoms with Gasteiger partial charge in [0.05, 0.1) is 4.92 Å². The SMILES string of the molecule is CCC(CC)NC(=O)c1ccc(N2CCC(C)CC2)c([N+](=O)[O-])c1. The van der Waals surface area contributed by atoms with Gasteiger partial charge in [-0.3, -0.25) is 14.9 Å². The average molecular weight is 333 g/mol. The van der Waals surface area contributed by atoms with Crippen molar-refractivity contribution < 1.29 is 9.72 Å². The van der Waals surface area contributed by atoms with Gasteiger partial charge in [-0.1, -0.05) is 20.8 Å². The molecule has 24 heavy (non-hydrogen) atoms. The number of carbonyl (C=O) groups is 1. The molecule has 1 aliphatic heterocycles. The van der Waals surface area contributed by atoms with E-state index in [9.17, 15) is 14.9 Å². The number of rotatable bonds is 6. The Kier molecular flexibility index (Phi) is 6.17. The van der Waals surface area contributed by atoms with E-state index in [1.807, 2.05) is 13.8 Å². The third kappa shape index (κ3) is 4.24. The lowest BCUT2D eigenvalue weighted by Crippen LogP contribution is -2.34. The van der Waals surface area contributed by atoms with Crippen LogP contribution in [0.15, 0.2) is 18.2 Å². The highest BCUT2D eigenvalue weighted by Crippen LogP contribution is 2.32. The van der Waals surface area contributed by atoms with Crippen molar-refractivity contribution in [3.8, 4) is 0 Å². The maximum Gasteiger partial charge on any atom is 0.293 e. The summed E-state index contributed by atoms with van der Waals surface area (Å²) in [6, 6.07) is 4.92. The first-order valence-corrected chi connectivity index (χ1v) is 8.80. The molecule has 0 aliphatic carbocycles. The van der Waals surface area contributed by atoms with Crippen LogP contribution >= 0.6 is 0 Å². The molecule has 1 saturated heterocycles. The minimum Gasteiger partial charge on any atom is -0.366 e. The van der Waals surface area contributed by atoms with Crippen LogP contribution in [0.3, 0.4) is 0 Å². The first-order valence-electron chi connectivity index (χ1n) is 8.80. The molecule has 1 aromatic carbocycles. The van der Waals surface area contributed by atoms with Crippen LogP contribution in [-0.4, -0.2) is 30.0 Å². The van der Waals surface area contributed by atoms with Gasteiger partial charge in [0.15, 0.2) is 0 Å². The summed E-state index contributed by atoms with van der Waals surface area (Å²) in [6.45, 7) is 7.87. The molecule has 0 bridgehead atoms. The zero-order valence-corrected chi connectivity index (χ0v) is 14.7. The predicted octanol–water partition coefficient (Wildman–Crippen LogP) is 3.75. The normalized spacial score (nSPS) is 15.6. The summed E-state index contributed by atoms with van der Waals surface area (Å²) in [5.41, 5.74) is 0.982. The van der Waals surface area contributed by atoms with E-state index < -0.39 is 0 Å². The van der Waals surface area contributed by atoms with Crippen molar-refractivity contribution in [2.24, 2.45) is 5.92 Å². The lowest BCUT2D eigenvalue weighted by molar-refractivity contribution is -0.384. The average Bonchev–Trinajstić information content (AvgIpc) is 2.59. The summed E-state index contributed by atoms with van der Waals surface area (Å²) < 4.78 is 0. The lowest BCUT2D eigenvalue weighted by Gasteiger charge is -2.31. The van der Waals surface area contributed by atoms with Crippen molar-refractivity contribution in [2.75, 3.05) is 18.0 Å². The number of hydrogen-bond acceptors (Lipinski definition) is 4. The largest absolute Gasteiger partial charge is 0.366 e. The van der Waals surface area contributed by atoms with Crippen LogP contribution in [0.2, 0.25) is 0 Å². The molecule has 1 fully saturated rings. The third-order valence-corrected chi connectivity index (χ3v) is 4.88. The molecule has 0 saturated carbocycles. The van der Waals surface area contributed by atoms with Crippen molar-refractivity contribution in [3.63, 3.8) is 0 Å². The molecule has 0 unspecified atom stereocenters. The van der Waals surface area contributed by atoms with E-state index in [1.54, 1.807) is 12.1 Å². The molecular weight excluding hydrogens is 306 g/mol. The van der Waals surface area contributed by atoms with Gasteiger partial charge >= 0.3 is 0 Å². The molecule has 1 heterocycles. The molecule has 6 heteroatoms. The number of anilines is 1. The van der Waals surface area contributed by atoms with Crippen LogP contribution in [0.5, 0.6) is 0 Å². The fourth-order valence-electron chi connectivity index (χ4n) is 3.09.